The van der Waals surface area contributed by atoms with Crippen molar-refractivity contribution in [2.24, 2.45) is 0 Å². The highest BCUT2D eigenvalue weighted by Gasteiger charge is 2.05. The summed E-state index contributed by atoms with van der Waals surface area (Å²) in [5, 5.41) is 2.55. The van der Waals surface area contributed by atoms with Gasteiger partial charge in [-0.3, -0.25) is 0 Å². The van der Waals surface area contributed by atoms with Crippen LogP contribution in [0.25, 0.3) is 16.5 Å². The topological polar surface area (TPSA) is 17.8 Å². The number of aryl methyl sites for hydroxylation is 1. The predicted molar refractivity (Wildman–Crippen MR) is 79.9 cm³/mol. The van der Waals surface area contributed by atoms with Gasteiger partial charge in [-0.15, -0.1) is 0 Å². The van der Waals surface area contributed by atoms with Gasteiger partial charge in [0.25, 0.3) is 0 Å². The van der Waals surface area contributed by atoms with Gasteiger partial charge >= 0.3 is 0 Å². The van der Waals surface area contributed by atoms with Gasteiger partial charge < -0.3 is 4.57 Å². The van der Waals surface area contributed by atoms with Crippen LogP contribution in [-0.4, -0.2) is 9.55 Å². The molecule has 1 aromatic heterocycles. The molecule has 2 aromatic carbocycles. The quantitative estimate of drug-likeness (QED) is 0.656. The summed E-state index contributed by atoms with van der Waals surface area (Å²) in [6.45, 7) is 6.45. The molecule has 1 heterocycles. The molecule has 2 nitrogen and oxygen atoms in total. The monoisotopic (exact) mass is 250 g/mol. The number of rotatable bonds is 2. The molecule has 0 amide bonds. The Balaban J connectivity index is 2.08. The zero-order valence-corrected chi connectivity index (χ0v) is 11.6. The minimum absolute atomic E-state index is 0.462. The summed E-state index contributed by atoms with van der Waals surface area (Å²) in [6, 6.07) is 13.1. The second-order valence-electron chi connectivity index (χ2n) is 5.40. The van der Waals surface area contributed by atoms with E-state index in [0.29, 0.717) is 5.92 Å². The molecule has 0 atom stereocenters. The maximum Gasteiger partial charge on any atom is 0.0995 e. The van der Waals surface area contributed by atoms with Crippen molar-refractivity contribution in [2.45, 2.75) is 26.7 Å². The van der Waals surface area contributed by atoms with E-state index in [9.17, 15) is 0 Å². The highest BCUT2D eigenvalue weighted by Crippen LogP contribution is 2.21. The van der Waals surface area contributed by atoms with Crippen molar-refractivity contribution in [1.29, 1.82) is 0 Å². The summed E-state index contributed by atoms with van der Waals surface area (Å²) in [5.41, 5.74) is 3.58. The SMILES string of the molecule is Cc1ccc2ccc(-n3cnc(C(C)C)c3)cc2c1. The van der Waals surface area contributed by atoms with Gasteiger partial charge in [0.15, 0.2) is 0 Å². The molecule has 0 N–H and O–H groups in total. The molecule has 0 radical (unpaired) electrons. The molecule has 3 aromatic rings. The van der Waals surface area contributed by atoms with Crippen LogP contribution in [0.3, 0.4) is 0 Å². The molecule has 0 aliphatic rings. The number of imidazole rings is 1. The Kier molecular flexibility index (Phi) is 2.86. The fourth-order valence-corrected chi connectivity index (χ4v) is 2.29. The summed E-state index contributed by atoms with van der Waals surface area (Å²) >= 11 is 0. The Bertz CT molecular complexity index is 723. The highest BCUT2D eigenvalue weighted by atomic mass is 15.0. The van der Waals surface area contributed by atoms with Crippen LogP contribution in [-0.2, 0) is 0 Å². The van der Waals surface area contributed by atoms with Gasteiger partial charge in [-0.1, -0.05) is 43.7 Å². The van der Waals surface area contributed by atoms with Gasteiger partial charge in [-0.2, -0.15) is 0 Å². The smallest absolute Gasteiger partial charge is 0.0995 e. The van der Waals surface area contributed by atoms with Gasteiger partial charge in [0, 0.05) is 11.9 Å². The lowest BCUT2D eigenvalue weighted by Gasteiger charge is -2.05. The Labute approximate surface area is 113 Å². The molecule has 0 bridgehead atoms. The first kappa shape index (κ1) is 12.0. The summed E-state index contributed by atoms with van der Waals surface area (Å²) in [5.74, 6) is 0.462. The molecule has 96 valence electrons. The number of fused-ring (bicyclic) bond motifs is 1. The number of nitrogens with zero attached hydrogens (tertiary/aromatic N) is 2. The van der Waals surface area contributed by atoms with Gasteiger partial charge in [0.05, 0.1) is 12.0 Å². The Morgan fingerprint density at radius 1 is 1.00 bits per heavy atom. The zero-order valence-electron chi connectivity index (χ0n) is 11.6. The molecule has 0 fully saturated rings. The third-order valence-electron chi connectivity index (χ3n) is 3.47. The third kappa shape index (κ3) is 2.26. The van der Waals surface area contributed by atoms with E-state index >= 15 is 0 Å². The van der Waals surface area contributed by atoms with E-state index in [-0.39, 0.29) is 0 Å². The Morgan fingerprint density at radius 3 is 2.53 bits per heavy atom. The van der Waals surface area contributed by atoms with Gasteiger partial charge in [0.1, 0.15) is 0 Å². The van der Waals surface area contributed by atoms with Crippen LogP contribution in [0, 0.1) is 6.92 Å². The van der Waals surface area contributed by atoms with Crippen molar-refractivity contribution in [2.75, 3.05) is 0 Å². The van der Waals surface area contributed by atoms with Crippen molar-refractivity contribution in [3.63, 3.8) is 0 Å². The lowest BCUT2D eigenvalue weighted by atomic mass is 10.1. The van der Waals surface area contributed by atoms with Gasteiger partial charge in [-0.25, -0.2) is 4.98 Å². The average Bonchev–Trinajstić information content (AvgIpc) is 2.87. The minimum atomic E-state index is 0.462. The van der Waals surface area contributed by atoms with Crippen molar-refractivity contribution >= 4 is 10.8 Å². The van der Waals surface area contributed by atoms with Crippen LogP contribution < -0.4 is 0 Å². The van der Waals surface area contributed by atoms with Gasteiger partial charge in [-0.05, 0) is 35.7 Å². The molecule has 3 rings (SSSR count). The second kappa shape index (κ2) is 4.54. The molecule has 2 heteroatoms. The van der Waals surface area contributed by atoms with Crippen molar-refractivity contribution < 1.29 is 0 Å². The molecule has 0 saturated carbocycles. The van der Waals surface area contributed by atoms with E-state index in [1.807, 2.05) is 6.33 Å². The van der Waals surface area contributed by atoms with Crippen LogP contribution in [0.5, 0.6) is 0 Å². The molecule has 0 aliphatic carbocycles. The van der Waals surface area contributed by atoms with Crippen molar-refractivity contribution in [3.8, 4) is 5.69 Å². The second-order valence-corrected chi connectivity index (χ2v) is 5.40. The number of hydrogen-bond acceptors (Lipinski definition) is 1. The molecule has 0 unspecified atom stereocenters. The zero-order chi connectivity index (χ0) is 13.4. The number of benzene rings is 2. The molecule has 0 aliphatic heterocycles. The third-order valence-corrected chi connectivity index (χ3v) is 3.47. The van der Waals surface area contributed by atoms with Crippen molar-refractivity contribution in [3.05, 3.63) is 60.2 Å². The summed E-state index contributed by atoms with van der Waals surface area (Å²) < 4.78 is 2.09. The van der Waals surface area contributed by atoms with Crippen LogP contribution in [0.4, 0.5) is 0 Å². The lowest BCUT2D eigenvalue weighted by Crippen LogP contribution is -1.90. The fraction of sp³-hybridized carbons (Fsp3) is 0.235. The molecule has 0 saturated heterocycles. The van der Waals surface area contributed by atoms with E-state index in [4.69, 9.17) is 0 Å². The molecule has 0 spiro atoms. The first-order valence-corrected chi connectivity index (χ1v) is 6.68. The Hall–Kier alpha value is -2.09. The van der Waals surface area contributed by atoms with Crippen molar-refractivity contribution in [1.82, 2.24) is 9.55 Å². The first-order valence-electron chi connectivity index (χ1n) is 6.68. The standard InChI is InChI=1S/C17H18N2/c1-12(2)17-10-19(11-18-17)16-7-6-14-5-4-13(3)8-15(14)9-16/h4-12H,1-3H3. The fourth-order valence-electron chi connectivity index (χ4n) is 2.29. The van der Waals surface area contributed by atoms with Crippen LogP contribution in [0.15, 0.2) is 48.9 Å². The molecular weight excluding hydrogens is 232 g/mol. The number of hydrogen-bond donors (Lipinski definition) is 0. The van der Waals surface area contributed by atoms with Crippen LogP contribution in [0.1, 0.15) is 31.0 Å². The maximum absolute atomic E-state index is 4.45. The van der Waals surface area contributed by atoms with Gasteiger partial charge in [0.2, 0.25) is 0 Å². The maximum atomic E-state index is 4.45. The van der Waals surface area contributed by atoms with Crippen LogP contribution >= 0.6 is 0 Å². The van der Waals surface area contributed by atoms with E-state index in [1.165, 1.54) is 16.3 Å². The summed E-state index contributed by atoms with van der Waals surface area (Å²) in [6.07, 6.45) is 4.01. The van der Waals surface area contributed by atoms with Crippen LogP contribution in [0.2, 0.25) is 0 Å². The van der Waals surface area contributed by atoms with E-state index < -0.39 is 0 Å². The number of aromatic nitrogens is 2. The van der Waals surface area contributed by atoms with E-state index in [1.54, 1.807) is 0 Å². The first-order chi connectivity index (χ1) is 9.13. The summed E-state index contributed by atoms with van der Waals surface area (Å²) in [4.78, 5) is 4.45. The molecular formula is C17H18N2. The lowest BCUT2D eigenvalue weighted by molar-refractivity contribution is 0.831. The summed E-state index contributed by atoms with van der Waals surface area (Å²) in [7, 11) is 0. The normalized spacial score (nSPS) is 11.4. The molecule has 19 heavy (non-hydrogen) atoms. The van der Waals surface area contributed by atoms with E-state index in [0.717, 1.165) is 11.4 Å². The predicted octanol–water partition coefficient (Wildman–Crippen LogP) is 4.46. The minimum Gasteiger partial charge on any atom is -0.306 e. The Morgan fingerprint density at radius 2 is 1.79 bits per heavy atom. The van der Waals surface area contributed by atoms with E-state index in [2.05, 4.69) is 72.9 Å². The largest absolute Gasteiger partial charge is 0.306 e. The highest BCUT2D eigenvalue weighted by molar-refractivity contribution is 5.85. The average molecular weight is 250 g/mol.